The Labute approximate surface area is 200 Å². The van der Waals surface area contributed by atoms with Crippen LogP contribution in [0.2, 0.25) is 0 Å². The smallest absolute Gasteiger partial charge is 0.410 e. The number of hydrogen-bond donors (Lipinski definition) is 0. The molecule has 7 nitrogen and oxygen atoms in total. The number of hydrogen-bond acceptors (Lipinski definition) is 5. The van der Waals surface area contributed by atoms with Gasteiger partial charge in [0.25, 0.3) is 5.91 Å². The first-order valence-electron chi connectivity index (χ1n) is 12.3. The van der Waals surface area contributed by atoms with Crippen LogP contribution in [0.15, 0.2) is 18.2 Å². The molecule has 8 heteroatoms. The third kappa shape index (κ3) is 5.63. The lowest BCUT2D eigenvalue weighted by Crippen LogP contribution is -2.49. The summed E-state index contributed by atoms with van der Waals surface area (Å²) in [7, 11) is 1.46. The molecule has 4 rings (SSSR count). The van der Waals surface area contributed by atoms with Crippen LogP contribution in [-0.4, -0.2) is 60.7 Å². The minimum absolute atomic E-state index is 0.0640. The highest BCUT2D eigenvalue weighted by Crippen LogP contribution is 2.54. The number of rotatable bonds is 8. The maximum absolute atomic E-state index is 14.3. The summed E-state index contributed by atoms with van der Waals surface area (Å²) in [5, 5.41) is 8.69. The van der Waals surface area contributed by atoms with Gasteiger partial charge in [0.2, 0.25) is 0 Å². The highest BCUT2D eigenvalue weighted by atomic mass is 19.1. The van der Waals surface area contributed by atoms with Crippen molar-refractivity contribution in [3.63, 3.8) is 0 Å². The van der Waals surface area contributed by atoms with Gasteiger partial charge in [0, 0.05) is 26.2 Å². The highest BCUT2D eigenvalue weighted by molar-refractivity contribution is 5.94. The van der Waals surface area contributed by atoms with Gasteiger partial charge in [0.05, 0.1) is 18.2 Å². The van der Waals surface area contributed by atoms with Crippen molar-refractivity contribution in [1.82, 2.24) is 9.80 Å². The normalized spacial score (nSPS) is 20.2. The number of likely N-dealkylation sites (tertiary alicyclic amines) is 1. The molecule has 3 fully saturated rings. The molecule has 0 unspecified atom stereocenters. The zero-order valence-corrected chi connectivity index (χ0v) is 20.1. The molecular formula is C26H34FN3O4. The van der Waals surface area contributed by atoms with Gasteiger partial charge < -0.3 is 19.3 Å². The van der Waals surface area contributed by atoms with Gasteiger partial charge in [-0.25, -0.2) is 9.18 Å². The lowest BCUT2D eigenvalue weighted by molar-refractivity contribution is -0.0231. The molecule has 0 radical (unpaired) electrons. The Balaban J connectivity index is 1.13. The third-order valence-electron chi connectivity index (χ3n) is 7.66. The molecular weight excluding hydrogens is 437 g/mol. The fourth-order valence-electron chi connectivity index (χ4n) is 5.20. The molecule has 1 aromatic rings. The number of amides is 2. The maximum atomic E-state index is 14.3. The largest absolute Gasteiger partial charge is 0.493 e. The minimum atomic E-state index is -0.644. The molecule has 0 bridgehead atoms. The van der Waals surface area contributed by atoms with Crippen LogP contribution in [0.25, 0.3) is 0 Å². The SMILES string of the molecule is CN(CC#N)C(=O)c1ccc(OCCCC2CC3(CCN(C(=O)OC4(C)CC4)CC3)C2)cc1F. The Hall–Kier alpha value is -2.82. The average Bonchev–Trinajstić information content (AvgIpc) is 3.51. The molecule has 1 spiro atoms. The molecule has 2 amide bonds. The zero-order chi connectivity index (χ0) is 24.3. The van der Waals surface area contributed by atoms with Gasteiger partial charge in [-0.15, -0.1) is 0 Å². The second kappa shape index (κ2) is 9.81. The van der Waals surface area contributed by atoms with E-state index in [1.54, 1.807) is 6.07 Å². The van der Waals surface area contributed by atoms with Crippen LogP contribution in [0.5, 0.6) is 5.75 Å². The third-order valence-corrected chi connectivity index (χ3v) is 7.66. The zero-order valence-electron chi connectivity index (χ0n) is 20.1. The maximum Gasteiger partial charge on any atom is 0.410 e. The van der Waals surface area contributed by atoms with Crippen molar-refractivity contribution >= 4 is 12.0 Å². The number of piperidine rings is 1. The Bertz CT molecular complexity index is 955. The first-order chi connectivity index (χ1) is 16.2. The average molecular weight is 472 g/mol. The van der Waals surface area contributed by atoms with Crippen molar-refractivity contribution in [2.75, 3.05) is 33.3 Å². The van der Waals surface area contributed by atoms with E-state index < -0.39 is 11.7 Å². The van der Waals surface area contributed by atoms with E-state index in [9.17, 15) is 14.0 Å². The monoisotopic (exact) mass is 471 g/mol. The lowest BCUT2D eigenvalue weighted by Gasteiger charge is -2.52. The number of carbonyl (C=O) groups is 2. The van der Waals surface area contributed by atoms with Gasteiger partial charge in [-0.2, -0.15) is 5.26 Å². The molecule has 0 N–H and O–H groups in total. The number of nitrogens with zero attached hydrogens (tertiary/aromatic N) is 3. The van der Waals surface area contributed by atoms with Gasteiger partial charge in [-0.3, -0.25) is 4.79 Å². The van der Waals surface area contributed by atoms with E-state index in [4.69, 9.17) is 14.7 Å². The fraction of sp³-hybridized carbons (Fsp3) is 0.654. The quantitative estimate of drug-likeness (QED) is 0.403. The van der Waals surface area contributed by atoms with E-state index >= 15 is 0 Å². The minimum Gasteiger partial charge on any atom is -0.493 e. The van der Waals surface area contributed by atoms with Crippen molar-refractivity contribution in [2.45, 2.75) is 63.9 Å². The van der Waals surface area contributed by atoms with Crippen molar-refractivity contribution in [2.24, 2.45) is 11.3 Å². The van der Waals surface area contributed by atoms with E-state index in [2.05, 4.69) is 0 Å². The van der Waals surface area contributed by atoms with Crippen molar-refractivity contribution < 1.29 is 23.5 Å². The number of carbonyl (C=O) groups excluding carboxylic acids is 2. The van der Waals surface area contributed by atoms with Gasteiger partial charge in [-0.1, -0.05) is 0 Å². The van der Waals surface area contributed by atoms with E-state index in [0.717, 1.165) is 51.6 Å². The van der Waals surface area contributed by atoms with E-state index in [-0.39, 0.29) is 23.8 Å². The predicted molar refractivity (Wildman–Crippen MR) is 124 cm³/mol. The molecule has 1 heterocycles. The molecule has 1 saturated heterocycles. The Morgan fingerprint density at radius 2 is 1.94 bits per heavy atom. The summed E-state index contributed by atoms with van der Waals surface area (Å²) in [6.45, 7) is 4.00. The summed E-state index contributed by atoms with van der Waals surface area (Å²) in [5.74, 6) is -0.0830. The molecule has 184 valence electrons. The van der Waals surface area contributed by atoms with Crippen LogP contribution in [0.1, 0.15) is 68.6 Å². The summed E-state index contributed by atoms with van der Waals surface area (Å²) in [6.07, 6.45) is 8.29. The van der Waals surface area contributed by atoms with E-state index in [0.29, 0.717) is 23.7 Å². The van der Waals surface area contributed by atoms with Crippen LogP contribution >= 0.6 is 0 Å². The summed E-state index contributed by atoms with van der Waals surface area (Å²) >= 11 is 0. The second-order valence-electron chi connectivity index (χ2n) is 10.5. The van der Waals surface area contributed by atoms with Gasteiger partial charge in [0.1, 0.15) is 23.7 Å². The molecule has 34 heavy (non-hydrogen) atoms. The van der Waals surface area contributed by atoms with Crippen LogP contribution in [0.3, 0.4) is 0 Å². The first kappa shape index (κ1) is 24.3. The summed E-state index contributed by atoms with van der Waals surface area (Å²) in [5.41, 5.74) is 0.108. The summed E-state index contributed by atoms with van der Waals surface area (Å²) in [6, 6.07) is 6.11. The van der Waals surface area contributed by atoms with Gasteiger partial charge >= 0.3 is 6.09 Å². The van der Waals surface area contributed by atoms with Crippen LogP contribution in [-0.2, 0) is 4.74 Å². The Kier molecular flexibility index (Phi) is 7.01. The molecule has 1 aromatic carbocycles. The standard InChI is InChI=1S/C26H34FN3O4/c1-25(7-8-25)34-24(32)30-12-9-26(10-13-30)17-19(18-26)4-3-15-33-20-5-6-21(22(27)16-20)23(31)29(2)14-11-28/h5-6,16,19H,3-4,7-10,12-15,17-18H2,1-2H3. The highest BCUT2D eigenvalue weighted by Gasteiger charge is 2.47. The molecule has 2 saturated carbocycles. The first-order valence-corrected chi connectivity index (χ1v) is 12.3. The number of benzene rings is 1. The van der Waals surface area contributed by atoms with Crippen molar-refractivity contribution in [3.8, 4) is 11.8 Å². The van der Waals surface area contributed by atoms with Crippen LogP contribution in [0, 0.1) is 28.5 Å². The fourth-order valence-corrected chi connectivity index (χ4v) is 5.20. The van der Waals surface area contributed by atoms with Crippen molar-refractivity contribution in [3.05, 3.63) is 29.6 Å². The summed E-state index contributed by atoms with van der Waals surface area (Å²) < 4.78 is 25.6. The number of ether oxygens (including phenoxy) is 2. The van der Waals surface area contributed by atoms with E-state index in [1.807, 2.05) is 17.9 Å². The molecule has 0 aromatic heterocycles. The van der Waals surface area contributed by atoms with Crippen molar-refractivity contribution in [1.29, 1.82) is 5.26 Å². The van der Waals surface area contributed by atoms with Gasteiger partial charge in [-0.05, 0) is 81.8 Å². The van der Waals surface area contributed by atoms with Crippen LogP contribution in [0.4, 0.5) is 9.18 Å². The van der Waals surface area contributed by atoms with Gasteiger partial charge in [0.15, 0.2) is 0 Å². The topological polar surface area (TPSA) is 82.9 Å². The molecule has 3 aliphatic rings. The lowest BCUT2D eigenvalue weighted by atomic mass is 9.56. The molecule has 2 aliphatic carbocycles. The predicted octanol–water partition coefficient (Wildman–Crippen LogP) is 4.76. The Morgan fingerprint density at radius 1 is 1.24 bits per heavy atom. The number of nitriles is 1. The van der Waals surface area contributed by atoms with Crippen LogP contribution < -0.4 is 4.74 Å². The summed E-state index contributed by atoms with van der Waals surface area (Å²) in [4.78, 5) is 27.5. The molecule has 1 aliphatic heterocycles. The number of halogens is 1. The van der Waals surface area contributed by atoms with E-state index in [1.165, 1.54) is 36.9 Å². The second-order valence-corrected chi connectivity index (χ2v) is 10.5. The Morgan fingerprint density at radius 3 is 2.56 bits per heavy atom. The molecule has 0 atom stereocenters.